The minimum Gasteiger partial charge on any atom is -0.484 e. The van der Waals surface area contributed by atoms with Gasteiger partial charge in [-0.3, -0.25) is 4.79 Å². The van der Waals surface area contributed by atoms with Gasteiger partial charge in [0, 0.05) is 19.1 Å². The molecule has 0 aromatic heterocycles. The number of carbonyl (C=O) groups is 1. The molecule has 23 heavy (non-hydrogen) atoms. The normalized spacial score (nSPS) is 20.2. The quantitative estimate of drug-likeness (QED) is 0.923. The van der Waals surface area contributed by atoms with Crippen LogP contribution in [0.3, 0.4) is 0 Å². The first-order chi connectivity index (χ1) is 10.8. The second-order valence-corrected chi connectivity index (χ2v) is 5.92. The SMILES string of the molecule is CC(N)C1CCCN(C(=O)COc2cccc(C(F)(F)F)c2)C1. The lowest BCUT2D eigenvalue weighted by Crippen LogP contribution is -2.46. The molecule has 1 aliphatic heterocycles. The van der Waals surface area contributed by atoms with Crippen molar-refractivity contribution in [3.63, 3.8) is 0 Å². The van der Waals surface area contributed by atoms with Crippen LogP contribution in [0, 0.1) is 5.92 Å². The molecule has 0 saturated carbocycles. The lowest BCUT2D eigenvalue weighted by Gasteiger charge is -2.34. The third-order valence-corrected chi connectivity index (χ3v) is 4.08. The molecule has 1 amide bonds. The number of ether oxygens (including phenoxy) is 1. The Morgan fingerprint density at radius 1 is 1.48 bits per heavy atom. The lowest BCUT2D eigenvalue weighted by molar-refractivity contribution is -0.137. The Balaban J connectivity index is 1.92. The van der Waals surface area contributed by atoms with E-state index in [-0.39, 0.29) is 30.2 Å². The van der Waals surface area contributed by atoms with Gasteiger partial charge < -0.3 is 15.4 Å². The van der Waals surface area contributed by atoms with Gasteiger partial charge in [0.1, 0.15) is 5.75 Å². The Morgan fingerprint density at radius 3 is 2.87 bits per heavy atom. The molecule has 0 aliphatic carbocycles. The van der Waals surface area contributed by atoms with Crippen molar-refractivity contribution >= 4 is 5.91 Å². The second-order valence-electron chi connectivity index (χ2n) is 5.92. The molecule has 0 radical (unpaired) electrons. The van der Waals surface area contributed by atoms with Crippen molar-refractivity contribution in [1.29, 1.82) is 0 Å². The van der Waals surface area contributed by atoms with Crippen LogP contribution in [-0.4, -0.2) is 36.5 Å². The first-order valence-corrected chi connectivity index (χ1v) is 7.61. The molecule has 1 aromatic carbocycles. The maximum atomic E-state index is 12.6. The summed E-state index contributed by atoms with van der Waals surface area (Å²) in [6.45, 7) is 2.85. The molecular formula is C16H21F3N2O2. The fraction of sp³-hybridized carbons (Fsp3) is 0.562. The van der Waals surface area contributed by atoms with Gasteiger partial charge in [-0.15, -0.1) is 0 Å². The van der Waals surface area contributed by atoms with Crippen LogP contribution >= 0.6 is 0 Å². The van der Waals surface area contributed by atoms with Crippen LogP contribution in [0.15, 0.2) is 24.3 Å². The van der Waals surface area contributed by atoms with E-state index < -0.39 is 11.7 Å². The van der Waals surface area contributed by atoms with Crippen molar-refractivity contribution in [2.24, 2.45) is 11.7 Å². The number of nitrogens with two attached hydrogens (primary N) is 1. The van der Waals surface area contributed by atoms with E-state index >= 15 is 0 Å². The summed E-state index contributed by atoms with van der Waals surface area (Å²) in [6.07, 6.45) is -2.57. The van der Waals surface area contributed by atoms with Crippen molar-refractivity contribution in [3.8, 4) is 5.75 Å². The van der Waals surface area contributed by atoms with E-state index in [0.29, 0.717) is 13.1 Å². The van der Waals surface area contributed by atoms with Crippen molar-refractivity contribution in [2.45, 2.75) is 32.0 Å². The Labute approximate surface area is 133 Å². The summed E-state index contributed by atoms with van der Waals surface area (Å²) in [6, 6.07) is 4.54. The predicted molar refractivity (Wildman–Crippen MR) is 79.9 cm³/mol. The van der Waals surface area contributed by atoms with Gasteiger partial charge in [0.2, 0.25) is 0 Å². The average Bonchev–Trinajstić information content (AvgIpc) is 2.52. The topological polar surface area (TPSA) is 55.6 Å². The Kier molecular flexibility index (Phi) is 5.51. The number of halogens is 3. The first kappa shape index (κ1) is 17.6. The van der Waals surface area contributed by atoms with Gasteiger partial charge in [-0.25, -0.2) is 0 Å². The summed E-state index contributed by atoms with van der Waals surface area (Å²) in [4.78, 5) is 13.8. The van der Waals surface area contributed by atoms with Gasteiger partial charge in [-0.05, 0) is 43.9 Å². The van der Waals surface area contributed by atoms with Gasteiger partial charge in [-0.2, -0.15) is 13.2 Å². The van der Waals surface area contributed by atoms with Gasteiger partial charge in [0.25, 0.3) is 5.91 Å². The number of benzene rings is 1. The highest BCUT2D eigenvalue weighted by molar-refractivity contribution is 5.77. The molecule has 0 spiro atoms. The van der Waals surface area contributed by atoms with E-state index in [1.165, 1.54) is 12.1 Å². The number of rotatable bonds is 4. The van der Waals surface area contributed by atoms with Crippen LogP contribution in [0.2, 0.25) is 0 Å². The molecule has 1 fully saturated rings. The number of hydrogen-bond donors (Lipinski definition) is 1. The third-order valence-electron chi connectivity index (χ3n) is 4.08. The largest absolute Gasteiger partial charge is 0.484 e. The molecule has 1 aromatic rings. The first-order valence-electron chi connectivity index (χ1n) is 7.61. The molecule has 128 valence electrons. The Morgan fingerprint density at radius 2 is 2.22 bits per heavy atom. The lowest BCUT2D eigenvalue weighted by atomic mass is 9.92. The maximum absolute atomic E-state index is 12.6. The fourth-order valence-corrected chi connectivity index (χ4v) is 2.66. The predicted octanol–water partition coefficient (Wildman–Crippen LogP) is 2.67. The number of alkyl halides is 3. The number of likely N-dealkylation sites (tertiary alicyclic amines) is 1. The Hall–Kier alpha value is -1.76. The van der Waals surface area contributed by atoms with E-state index in [4.69, 9.17) is 10.5 Å². The highest BCUT2D eigenvalue weighted by Gasteiger charge is 2.31. The monoisotopic (exact) mass is 330 g/mol. The molecule has 2 rings (SSSR count). The van der Waals surface area contributed by atoms with Crippen molar-refractivity contribution in [1.82, 2.24) is 4.90 Å². The average molecular weight is 330 g/mol. The van der Waals surface area contributed by atoms with Gasteiger partial charge >= 0.3 is 6.18 Å². The van der Waals surface area contributed by atoms with Crippen molar-refractivity contribution < 1.29 is 22.7 Å². The molecule has 2 atom stereocenters. The zero-order valence-electron chi connectivity index (χ0n) is 13.0. The molecule has 0 bridgehead atoms. The van der Waals surface area contributed by atoms with Crippen LogP contribution in [0.25, 0.3) is 0 Å². The van der Waals surface area contributed by atoms with E-state index in [9.17, 15) is 18.0 Å². The summed E-state index contributed by atoms with van der Waals surface area (Å²) in [7, 11) is 0. The number of hydrogen-bond acceptors (Lipinski definition) is 3. The van der Waals surface area contributed by atoms with Crippen LogP contribution in [0.1, 0.15) is 25.3 Å². The van der Waals surface area contributed by atoms with E-state index in [1.54, 1.807) is 4.90 Å². The molecular weight excluding hydrogens is 309 g/mol. The van der Waals surface area contributed by atoms with Crippen LogP contribution in [0.4, 0.5) is 13.2 Å². The number of amides is 1. The minimum absolute atomic E-state index is 0.00925. The fourth-order valence-electron chi connectivity index (χ4n) is 2.66. The summed E-state index contributed by atoms with van der Waals surface area (Å²) in [5, 5.41) is 0. The molecule has 4 nitrogen and oxygen atoms in total. The number of carbonyl (C=O) groups excluding carboxylic acids is 1. The molecule has 1 saturated heterocycles. The summed E-state index contributed by atoms with van der Waals surface area (Å²) in [5.41, 5.74) is 5.08. The standard InChI is InChI=1S/C16H21F3N2O2/c1-11(20)12-4-3-7-21(9-12)15(22)10-23-14-6-2-5-13(8-14)16(17,18)19/h2,5-6,8,11-12H,3-4,7,9-10,20H2,1H3. The van der Waals surface area contributed by atoms with Crippen molar-refractivity contribution in [3.05, 3.63) is 29.8 Å². The highest BCUT2D eigenvalue weighted by Crippen LogP contribution is 2.31. The maximum Gasteiger partial charge on any atom is 0.416 e. The number of nitrogens with zero attached hydrogens (tertiary/aromatic N) is 1. The summed E-state index contributed by atoms with van der Waals surface area (Å²) >= 11 is 0. The van der Waals surface area contributed by atoms with E-state index in [0.717, 1.165) is 25.0 Å². The van der Waals surface area contributed by atoms with Gasteiger partial charge in [0.15, 0.2) is 6.61 Å². The smallest absolute Gasteiger partial charge is 0.416 e. The third kappa shape index (κ3) is 4.86. The van der Waals surface area contributed by atoms with E-state index in [1.807, 2.05) is 6.92 Å². The Bertz CT molecular complexity index is 546. The van der Waals surface area contributed by atoms with Crippen LogP contribution in [-0.2, 0) is 11.0 Å². The summed E-state index contributed by atoms with van der Waals surface area (Å²) < 4.78 is 43.1. The van der Waals surface area contributed by atoms with Crippen molar-refractivity contribution in [2.75, 3.05) is 19.7 Å². The van der Waals surface area contributed by atoms with E-state index in [2.05, 4.69) is 0 Å². The van der Waals surface area contributed by atoms with Crippen LogP contribution < -0.4 is 10.5 Å². The van der Waals surface area contributed by atoms with Gasteiger partial charge in [0.05, 0.1) is 5.56 Å². The zero-order chi connectivity index (χ0) is 17.0. The minimum atomic E-state index is -4.43. The van der Waals surface area contributed by atoms with Crippen LogP contribution in [0.5, 0.6) is 5.75 Å². The number of piperidine rings is 1. The zero-order valence-corrected chi connectivity index (χ0v) is 13.0. The molecule has 2 unspecified atom stereocenters. The second kappa shape index (κ2) is 7.21. The molecule has 1 heterocycles. The summed E-state index contributed by atoms with van der Waals surface area (Å²) in [5.74, 6) is 0.0583. The molecule has 2 N–H and O–H groups in total. The molecule has 1 aliphatic rings. The van der Waals surface area contributed by atoms with Gasteiger partial charge in [-0.1, -0.05) is 6.07 Å². The highest BCUT2D eigenvalue weighted by atomic mass is 19.4. The molecule has 7 heteroatoms.